The van der Waals surface area contributed by atoms with Crippen LogP contribution in [0.15, 0.2) is 29.3 Å². The lowest BCUT2D eigenvalue weighted by Crippen LogP contribution is -2.44. The molecule has 1 aromatic rings. The van der Waals surface area contributed by atoms with Crippen LogP contribution in [-0.2, 0) is 4.79 Å². The molecule has 1 fully saturated rings. The Morgan fingerprint density at radius 3 is 2.71 bits per heavy atom. The Hall–Kier alpha value is -2.24. The van der Waals surface area contributed by atoms with Gasteiger partial charge in [-0.1, -0.05) is 19.1 Å². The fourth-order valence-electron chi connectivity index (χ4n) is 2.92. The molecule has 0 bridgehead atoms. The number of nitrogens with zero attached hydrogens (tertiary/aromatic N) is 2. The lowest BCUT2D eigenvalue weighted by Gasteiger charge is -2.21. The molecule has 1 unspecified atom stereocenters. The zero-order valence-electron chi connectivity index (χ0n) is 14.8. The van der Waals surface area contributed by atoms with Gasteiger partial charge in [0.25, 0.3) is 0 Å². The standard InChI is InChI=1S/C18H28N4O2/c1-4-10-20-17(23)12-21-18(19-2)22-11-9-15(13-22)14-5-7-16(24-3)8-6-14/h5-8,15H,4,9-13H2,1-3H3,(H,19,21)(H,20,23). The van der Waals surface area contributed by atoms with Gasteiger partial charge in [-0.05, 0) is 30.5 Å². The molecule has 0 saturated carbocycles. The van der Waals surface area contributed by atoms with Crippen LogP contribution in [0.5, 0.6) is 5.75 Å². The summed E-state index contributed by atoms with van der Waals surface area (Å²) in [5.74, 6) is 2.15. The van der Waals surface area contributed by atoms with Crippen LogP contribution in [0.1, 0.15) is 31.2 Å². The molecule has 1 aromatic carbocycles. The van der Waals surface area contributed by atoms with Crippen LogP contribution in [0.4, 0.5) is 0 Å². The number of rotatable bonds is 6. The summed E-state index contributed by atoms with van der Waals surface area (Å²) >= 11 is 0. The summed E-state index contributed by atoms with van der Waals surface area (Å²) in [6.07, 6.45) is 2.02. The van der Waals surface area contributed by atoms with E-state index in [9.17, 15) is 4.79 Å². The Bertz CT molecular complexity index is 557. The number of aliphatic imine (C=N–C) groups is 1. The molecular formula is C18H28N4O2. The first kappa shape index (κ1) is 18.1. The first-order chi connectivity index (χ1) is 11.7. The number of guanidine groups is 1. The third-order valence-electron chi connectivity index (χ3n) is 4.27. The number of nitrogens with one attached hydrogen (secondary N) is 2. The van der Waals surface area contributed by atoms with E-state index in [2.05, 4.69) is 32.7 Å². The SMILES string of the molecule is CCCNC(=O)CNC(=NC)N1CCC(c2ccc(OC)cc2)C1. The average molecular weight is 332 g/mol. The van der Waals surface area contributed by atoms with Gasteiger partial charge in [-0.15, -0.1) is 0 Å². The molecule has 132 valence electrons. The van der Waals surface area contributed by atoms with Crippen molar-refractivity contribution >= 4 is 11.9 Å². The Morgan fingerprint density at radius 2 is 2.08 bits per heavy atom. The van der Waals surface area contributed by atoms with Gasteiger partial charge in [-0.25, -0.2) is 0 Å². The molecule has 0 radical (unpaired) electrons. The average Bonchev–Trinajstić information content (AvgIpc) is 3.10. The fourth-order valence-corrected chi connectivity index (χ4v) is 2.92. The van der Waals surface area contributed by atoms with Crippen LogP contribution in [0, 0.1) is 0 Å². The molecule has 1 atom stereocenters. The van der Waals surface area contributed by atoms with Crippen molar-refractivity contribution in [2.45, 2.75) is 25.7 Å². The number of carbonyl (C=O) groups is 1. The second-order valence-corrected chi connectivity index (χ2v) is 5.96. The normalized spacial score (nSPS) is 17.7. The molecule has 2 N–H and O–H groups in total. The summed E-state index contributed by atoms with van der Waals surface area (Å²) in [5, 5.41) is 6.02. The number of carbonyl (C=O) groups excluding carboxylic acids is 1. The Labute approximate surface area is 144 Å². The van der Waals surface area contributed by atoms with E-state index >= 15 is 0 Å². The predicted molar refractivity (Wildman–Crippen MR) is 96.6 cm³/mol. The molecule has 0 aliphatic carbocycles. The Morgan fingerprint density at radius 1 is 1.33 bits per heavy atom. The summed E-state index contributed by atoms with van der Waals surface area (Å²) in [7, 11) is 3.44. The maximum absolute atomic E-state index is 11.7. The number of ether oxygens (including phenoxy) is 1. The van der Waals surface area contributed by atoms with E-state index in [0.29, 0.717) is 12.5 Å². The molecular weight excluding hydrogens is 304 g/mol. The quantitative estimate of drug-likeness (QED) is 0.613. The van der Waals surface area contributed by atoms with Crippen LogP contribution >= 0.6 is 0 Å². The third kappa shape index (κ3) is 4.88. The van der Waals surface area contributed by atoms with Crippen LogP contribution in [0.25, 0.3) is 0 Å². The van der Waals surface area contributed by atoms with Crippen molar-refractivity contribution in [2.24, 2.45) is 4.99 Å². The van der Waals surface area contributed by atoms with E-state index < -0.39 is 0 Å². The molecule has 1 aliphatic heterocycles. The van der Waals surface area contributed by atoms with Gasteiger partial charge in [-0.2, -0.15) is 0 Å². The highest BCUT2D eigenvalue weighted by atomic mass is 16.5. The highest BCUT2D eigenvalue weighted by Crippen LogP contribution is 2.28. The first-order valence-corrected chi connectivity index (χ1v) is 8.54. The van der Waals surface area contributed by atoms with Gasteiger partial charge >= 0.3 is 0 Å². The summed E-state index contributed by atoms with van der Waals surface area (Å²) in [6, 6.07) is 8.26. The maximum Gasteiger partial charge on any atom is 0.239 e. The van der Waals surface area contributed by atoms with E-state index in [-0.39, 0.29) is 12.5 Å². The number of amides is 1. The van der Waals surface area contributed by atoms with Crippen LogP contribution in [0.3, 0.4) is 0 Å². The van der Waals surface area contributed by atoms with Gasteiger partial charge in [0.1, 0.15) is 5.75 Å². The number of hydrogen-bond donors (Lipinski definition) is 2. The minimum atomic E-state index is 0.00361. The molecule has 0 spiro atoms. The highest BCUT2D eigenvalue weighted by Gasteiger charge is 2.26. The number of benzene rings is 1. The van der Waals surface area contributed by atoms with Crippen molar-refractivity contribution in [3.8, 4) is 5.75 Å². The van der Waals surface area contributed by atoms with Crippen molar-refractivity contribution < 1.29 is 9.53 Å². The van der Waals surface area contributed by atoms with E-state index in [4.69, 9.17) is 4.74 Å². The maximum atomic E-state index is 11.7. The number of methoxy groups -OCH3 is 1. The zero-order valence-corrected chi connectivity index (χ0v) is 14.8. The second kappa shape index (κ2) is 9.15. The van der Waals surface area contributed by atoms with Gasteiger partial charge in [0.2, 0.25) is 5.91 Å². The lowest BCUT2D eigenvalue weighted by atomic mass is 9.98. The molecule has 6 nitrogen and oxygen atoms in total. The monoisotopic (exact) mass is 332 g/mol. The minimum Gasteiger partial charge on any atom is -0.497 e. The fraction of sp³-hybridized carbons (Fsp3) is 0.556. The Balaban J connectivity index is 1.86. The molecule has 6 heteroatoms. The van der Waals surface area contributed by atoms with Gasteiger partial charge in [0.05, 0.1) is 13.7 Å². The molecule has 1 heterocycles. The smallest absolute Gasteiger partial charge is 0.239 e. The summed E-state index contributed by atoms with van der Waals surface area (Å²) in [6.45, 7) is 4.85. The third-order valence-corrected chi connectivity index (χ3v) is 4.27. The Kier molecular flexibility index (Phi) is 6.90. The highest BCUT2D eigenvalue weighted by molar-refractivity contribution is 5.86. The molecule has 1 aliphatic rings. The number of likely N-dealkylation sites (tertiary alicyclic amines) is 1. The number of hydrogen-bond acceptors (Lipinski definition) is 3. The van der Waals surface area contributed by atoms with Crippen LogP contribution in [0.2, 0.25) is 0 Å². The topological polar surface area (TPSA) is 66.0 Å². The van der Waals surface area contributed by atoms with Crippen molar-refractivity contribution in [3.63, 3.8) is 0 Å². The minimum absolute atomic E-state index is 0.00361. The second-order valence-electron chi connectivity index (χ2n) is 5.96. The largest absolute Gasteiger partial charge is 0.497 e. The van der Waals surface area contributed by atoms with E-state index in [1.165, 1.54) is 5.56 Å². The first-order valence-electron chi connectivity index (χ1n) is 8.54. The predicted octanol–water partition coefficient (Wildman–Crippen LogP) is 1.59. The van der Waals surface area contributed by atoms with Crippen LogP contribution < -0.4 is 15.4 Å². The molecule has 1 amide bonds. The van der Waals surface area contributed by atoms with E-state index in [1.807, 2.05) is 19.1 Å². The molecule has 0 aromatic heterocycles. The van der Waals surface area contributed by atoms with Gasteiger partial charge in [0.15, 0.2) is 5.96 Å². The van der Waals surface area contributed by atoms with E-state index in [1.54, 1.807) is 14.2 Å². The van der Waals surface area contributed by atoms with Crippen molar-refractivity contribution in [3.05, 3.63) is 29.8 Å². The summed E-state index contributed by atoms with van der Waals surface area (Å²) < 4.78 is 5.21. The van der Waals surface area contributed by atoms with Crippen molar-refractivity contribution in [1.29, 1.82) is 0 Å². The van der Waals surface area contributed by atoms with Gasteiger partial charge < -0.3 is 20.3 Å². The molecule has 1 saturated heterocycles. The molecule has 2 rings (SSSR count). The molecule has 24 heavy (non-hydrogen) atoms. The van der Waals surface area contributed by atoms with E-state index in [0.717, 1.165) is 37.6 Å². The van der Waals surface area contributed by atoms with Gasteiger partial charge in [-0.3, -0.25) is 9.79 Å². The lowest BCUT2D eigenvalue weighted by molar-refractivity contribution is -0.120. The van der Waals surface area contributed by atoms with Gasteiger partial charge in [0, 0.05) is 32.6 Å². The summed E-state index contributed by atoms with van der Waals surface area (Å²) in [5.41, 5.74) is 1.31. The summed E-state index contributed by atoms with van der Waals surface area (Å²) in [4.78, 5) is 18.2. The van der Waals surface area contributed by atoms with Crippen molar-refractivity contribution in [1.82, 2.24) is 15.5 Å². The van der Waals surface area contributed by atoms with Crippen molar-refractivity contribution in [2.75, 3.05) is 40.3 Å². The zero-order chi connectivity index (χ0) is 17.4. The van der Waals surface area contributed by atoms with Crippen LogP contribution in [-0.4, -0.2) is 57.1 Å².